The summed E-state index contributed by atoms with van der Waals surface area (Å²) >= 11 is 5.92. The number of pyridine rings is 1. The Kier molecular flexibility index (Phi) is 4.51. The normalized spacial score (nSPS) is 11.8. The van der Waals surface area contributed by atoms with Crippen LogP contribution in [0.2, 0.25) is 5.02 Å². The summed E-state index contributed by atoms with van der Waals surface area (Å²) in [5.41, 5.74) is 1.30. The van der Waals surface area contributed by atoms with Gasteiger partial charge in [0.25, 0.3) is 0 Å². The number of hydrogen-bond donors (Lipinski definition) is 3. The second kappa shape index (κ2) is 6.47. The number of halogens is 1. The van der Waals surface area contributed by atoms with Crippen molar-refractivity contribution in [2.45, 2.75) is 18.4 Å². The lowest BCUT2D eigenvalue weighted by atomic mass is 10.1. The molecule has 0 bridgehead atoms. The second-order valence-electron chi connectivity index (χ2n) is 5.45. The van der Waals surface area contributed by atoms with Crippen LogP contribution in [0.25, 0.3) is 11.0 Å². The first-order chi connectivity index (χ1) is 11.8. The smallest absolute Gasteiger partial charge is 0.337 e. The number of aryl methyl sites for hydroxylation is 1. The molecule has 1 aromatic carbocycles. The van der Waals surface area contributed by atoms with Crippen LogP contribution in [0.4, 0.5) is 0 Å². The fourth-order valence-electron chi connectivity index (χ4n) is 2.37. The topological polar surface area (TPSA) is 112 Å². The average Bonchev–Trinajstić information content (AvgIpc) is 3.02. The highest BCUT2D eigenvalue weighted by Crippen LogP contribution is 2.25. The number of carbonyl (C=O) groups is 1. The molecule has 3 N–H and O–H groups in total. The fraction of sp³-hybridized carbons (Fsp3) is 0.125. The molecule has 0 unspecified atom stereocenters. The van der Waals surface area contributed by atoms with Crippen molar-refractivity contribution in [1.29, 1.82) is 0 Å². The summed E-state index contributed by atoms with van der Waals surface area (Å²) in [4.78, 5) is 18.3. The Morgan fingerprint density at radius 3 is 2.80 bits per heavy atom. The van der Waals surface area contributed by atoms with Crippen LogP contribution in [0.5, 0.6) is 0 Å². The van der Waals surface area contributed by atoms with E-state index in [-0.39, 0.29) is 22.0 Å². The summed E-state index contributed by atoms with van der Waals surface area (Å²) in [6, 6.07) is 7.78. The van der Waals surface area contributed by atoms with Gasteiger partial charge in [0.05, 0.1) is 27.7 Å². The summed E-state index contributed by atoms with van der Waals surface area (Å²) in [6.45, 7) is 1.52. The quantitative estimate of drug-likeness (QED) is 0.631. The van der Waals surface area contributed by atoms with Crippen molar-refractivity contribution < 1.29 is 18.3 Å². The Morgan fingerprint density at radius 2 is 2.08 bits per heavy atom. The third kappa shape index (κ3) is 3.51. The molecule has 9 heteroatoms. The summed E-state index contributed by atoms with van der Waals surface area (Å²) in [5.74, 6) is -1.29. The minimum atomic E-state index is -3.92. The van der Waals surface area contributed by atoms with E-state index in [1.54, 1.807) is 19.2 Å². The third-order valence-electron chi connectivity index (χ3n) is 3.68. The molecule has 0 saturated carbocycles. The van der Waals surface area contributed by atoms with E-state index >= 15 is 0 Å². The minimum absolute atomic E-state index is 0.0188. The van der Waals surface area contributed by atoms with E-state index in [1.807, 2.05) is 12.1 Å². The zero-order valence-corrected chi connectivity index (χ0v) is 14.6. The fourth-order valence-corrected chi connectivity index (χ4v) is 3.67. The molecule has 0 radical (unpaired) electrons. The number of nitrogens with zero attached hydrogens (tertiary/aromatic N) is 1. The van der Waals surface area contributed by atoms with E-state index in [0.717, 1.165) is 11.5 Å². The maximum Gasteiger partial charge on any atom is 0.337 e. The van der Waals surface area contributed by atoms with Crippen molar-refractivity contribution in [2.75, 3.05) is 0 Å². The van der Waals surface area contributed by atoms with Crippen LogP contribution < -0.4 is 4.72 Å². The Bertz CT molecular complexity index is 1080. The number of sulfonamides is 1. The molecular weight excluding hydrogens is 366 g/mol. The van der Waals surface area contributed by atoms with Crippen molar-refractivity contribution in [3.05, 3.63) is 58.4 Å². The molecule has 0 saturated heterocycles. The molecule has 0 aliphatic carbocycles. The van der Waals surface area contributed by atoms with E-state index in [0.29, 0.717) is 16.9 Å². The Balaban J connectivity index is 1.87. The maximum atomic E-state index is 12.5. The standard InChI is InChI=1S/C16H14ClN3O4S/c1-9-6-12(7-13(14(9)17)16(21)22)25(23,24)19-8-11-3-2-10-4-5-18-15(10)20-11/h2-7,19H,8H2,1H3,(H,18,20)(H,21,22). The number of hydrogen-bond acceptors (Lipinski definition) is 4. The van der Waals surface area contributed by atoms with E-state index < -0.39 is 16.0 Å². The number of aromatic amines is 1. The van der Waals surface area contributed by atoms with Gasteiger partial charge in [-0.25, -0.2) is 22.9 Å². The van der Waals surface area contributed by atoms with Crippen LogP contribution in [0.3, 0.4) is 0 Å². The molecule has 2 aromatic heterocycles. The molecular formula is C16H14ClN3O4S. The summed E-state index contributed by atoms with van der Waals surface area (Å²) in [7, 11) is -3.92. The second-order valence-corrected chi connectivity index (χ2v) is 7.59. The molecule has 25 heavy (non-hydrogen) atoms. The van der Waals surface area contributed by atoms with Crippen molar-refractivity contribution in [3.63, 3.8) is 0 Å². The van der Waals surface area contributed by atoms with Gasteiger partial charge >= 0.3 is 5.97 Å². The maximum absolute atomic E-state index is 12.5. The lowest BCUT2D eigenvalue weighted by molar-refractivity contribution is 0.0696. The molecule has 7 nitrogen and oxygen atoms in total. The van der Waals surface area contributed by atoms with Crippen LogP contribution in [-0.4, -0.2) is 29.5 Å². The molecule has 2 heterocycles. The van der Waals surface area contributed by atoms with Crippen LogP contribution in [0.15, 0.2) is 41.4 Å². The first-order valence-electron chi connectivity index (χ1n) is 7.24. The number of aromatic nitrogens is 2. The number of nitrogens with one attached hydrogen (secondary N) is 2. The predicted octanol–water partition coefficient (Wildman–Crippen LogP) is 2.70. The van der Waals surface area contributed by atoms with Gasteiger partial charge in [-0.1, -0.05) is 11.6 Å². The largest absolute Gasteiger partial charge is 0.478 e. The average molecular weight is 380 g/mol. The number of H-pyrrole nitrogens is 1. The van der Waals surface area contributed by atoms with Gasteiger partial charge in [0.2, 0.25) is 10.0 Å². The van der Waals surface area contributed by atoms with Gasteiger partial charge in [0, 0.05) is 11.6 Å². The first-order valence-corrected chi connectivity index (χ1v) is 9.10. The Hall–Kier alpha value is -2.42. The van der Waals surface area contributed by atoms with Crippen molar-refractivity contribution in [3.8, 4) is 0 Å². The number of carboxylic acid groups (broad SMARTS) is 1. The van der Waals surface area contributed by atoms with Crippen molar-refractivity contribution >= 4 is 38.6 Å². The molecule has 0 fully saturated rings. The van der Waals surface area contributed by atoms with E-state index in [4.69, 9.17) is 16.7 Å². The Labute approximate surface area is 148 Å². The third-order valence-corrected chi connectivity index (χ3v) is 5.56. The summed E-state index contributed by atoms with van der Waals surface area (Å²) < 4.78 is 27.4. The van der Waals surface area contributed by atoms with Crippen LogP contribution >= 0.6 is 11.6 Å². The summed E-state index contributed by atoms with van der Waals surface area (Å²) in [6.07, 6.45) is 1.75. The van der Waals surface area contributed by atoms with Gasteiger partial charge in [-0.2, -0.15) is 0 Å². The number of carboxylic acids is 1. The number of benzene rings is 1. The van der Waals surface area contributed by atoms with Gasteiger partial charge < -0.3 is 10.1 Å². The van der Waals surface area contributed by atoms with E-state index in [1.165, 1.54) is 6.07 Å². The zero-order chi connectivity index (χ0) is 18.2. The van der Waals surface area contributed by atoms with E-state index in [2.05, 4.69) is 14.7 Å². The highest BCUT2D eigenvalue weighted by atomic mass is 35.5. The van der Waals surface area contributed by atoms with Gasteiger partial charge in [-0.15, -0.1) is 0 Å². The van der Waals surface area contributed by atoms with Gasteiger partial charge in [0.15, 0.2) is 0 Å². The van der Waals surface area contributed by atoms with Crippen LogP contribution in [0, 0.1) is 6.92 Å². The molecule has 3 aromatic rings. The molecule has 130 valence electrons. The number of aromatic carboxylic acids is 1. The van der Waals surface area contributed by atoms with Gasteiger partial charge in [-0.3, -0.25) is 0 Å². The molecule has 0 atom stereocenters. The van der Waals surface area contributed by atoms with Gasteiger partial charge in [-0.05, 0) is 42.8 Å². The summed E-state index contributed by atoms with van der Waals surface area (Å²) in [5, 5.41) is 10.1. The molecule has 3 rings (SSSR count). The number of fused-ring (bicyclic) bond motifs is 1. The van der Waals surface area contributed by atoms with Gasteiger partial charge in [0.1, 0.15) is 5.65 Å². The Morgan fingerprint density at radius 1 is 1.32 bits per heavy atom. The van der Waals surface area contributed by atoms with Crippen molar-refractivity contribution in [2.24, 2.45) is 0 Å². The predicted molar refractivity (Wildman–Crippen MR) is 93.3 cm³/mol. The first kappa shape index (κ1) is 17.4. The zero-order valence-electron chi connectivity index (χ0n) is 13.1. The van der Waals surface area contributed by atoms with Crippen molar-refractivity contribution in [1.82, 2.24) is 14.7 Å². The molecule has 0 spiro atoms. The monoisotopic (exact) mass is 379 g/mol. The highest BCUT2D eigenvalue weighted by molar-refractivity contribution is 7.89. The molecule has 0 aliphatic rings. The van der Waals surface area contributed by atoms with Crippen LogP contribution in [0.1, 0.15) is 21.6 Å². The lowest BCUT2D eigenvalue weighted by Gasteiger charge is -2.10. The SMILES string of the molecule is Cc1cc(S(=O)(=O)NCc2ccc3cc[nH]c3n2)cc(C(=O)O)c1Cl. The number of rotatable bonds is 5. The minimum Gasteiger partial charge on any atom is -0.478 e. The molecule has 0 amide bonds. The molecule has 0 aliphatic heterocycles. The van der Waals surface area contributed by atoms with E-state index in [9.17, 15) is 13.2 Å². The lowest BCUT2D eigenvalue weighted by Crippen LogP contribution is -2.24. The highest BCUT2D eigenvalue weighted by Gasteiger charge is 2.20. The van der Waals surface area contributed by atoms with Crippen LogP contribution in [-0.2, 0) is 16.6 Å².